The minimum absolute atomic E-state index is 0.00501. The average molecular weight is 393 g/mol. The second-order valence-corrected chi connectivity index (χ2v) is 8.97. The van der Waals surface area contributed by atoms with Gasteiger partial charge in [0.1, 0.15) is 0 Å². The van der Waals surface area contributed by atoms with Crippen molar-refractivity contribution in [1.82, 2.24) is 0 Å². The van der Waals surface area contributed by atoms with E-state index < -0.39 is 5.41 Å². The molecule has 2 aromatic rings. The highest BCUT2D eigenvalue weighted by Crippen LogP contribution is 2.63. The van der Waals surface area contributed by atoms with Crippen LogP contribution in [0.1, 0.15) is 37.7 Å². The maximum Gasteiger partial charge on any atom is 0.313 e. The molecule has 28 heavy (non-hydrogen) atoms. The maximum absolute atomic E-state index is 13.3. The first-order chi connectivity index (χ1) is 13.8. The zero-order valence-corrected chi connectivity index (χ0v) is 17.2. The lowest BCUT2D eigenvalue weighted by molar-refractivity contribution is -0.159. The van der Waals surface area contributed by atoms with Crippen molar-refractivity contribution in [2.24, 2.45) is 17.3 Å². The molecule has 2 aliphatic carbocycles. The molecular formula is C25H28O2S. The van der Waals surface area contributed by atoms with Crippen molar-refractivity contribution < 1.29 is 9.53 Å². The highest BCUT2D eigenvalue weighted by atomic mass is 32.2. The van der Waals surface area contributed by atoms with Crippen LogP contribution in [0.3, 0.4) is 0 Å². The number of rotatable bonds is 8. The van der Waals surface area contributed by atoms with E-state index in [1.165, 1.54) is 10.5 Å². The van der Waals surface area contributed by atoms with Gasteiger partial charge in [-0.3, -0.25) is 4.79 Å². The van der Waals surface area contributed by atoms with Crippen LogP contribution < -0.4 is 0 Å². The number of fused-ring (bicyclic) bond motifs is 2. The number of carbonyl (C=O) groups excluding carboxylic acids is 1. The third kappa shape index (κ3) is 3.53. The number of esters is 1. The molecule has 0 aliphatic heterocycles. The van der Waals surface area contributed by atoms with Crippen LogP contribution in [0.2, 0.25) is 0 Å². The van der Waals surface area contributed by atoms with Crippen LogP contribution >= 0.6 is 11.8 Å². The Kier molecular flexibility index (Phi) is 5.91. The number of benzene rings is 2. The Bertz CT molecular complexity index is 817. The van der Waals surface area contributed by atoms with Crippen molar-refractivity contribution in [3.8, 4) is 0 Å². The van der Waals surface area contributed by atoms with Crippen molar-refractivity contribution >= 4 is 17.7 Å². The minimum atomic E-state index is -0.423. The molecule has 0 unspecified atom stereocenters. The molecule has 0 aromatic heterocycles. The Hall–Kier alpha value is -2.00. The van der Waals surface area contributed by atoms with Crippen LogP contribution in [-0.4, -0.2) is 18.3 Å². The Labute approximate surface area is 172 Å². The summed E-state index contributed by atoms with van der Waals surface area (Å²) in [5.41, 5.74) is 0.858. The fourth-order valence-corrected chi connectivity index (χ4v) is 6.11. The first kappa shape index (κ1) is 19.3. The van der Waals surface area contributed by atoms with Crippen molar-refractivity contribution in [3.05, 3.63) is 78.4 Å². The molecule has 2 aliphatic rings. The standard InChI is InChI=1S/C25H28O2S/c1-2-27-24(26)25(16-9-17-28-22-12-7-4-8-13-22)21-15-14-20(18-21)23(25)19-10-5-3-6-11-19/h3-8,10-15,20-21,23H,2,9,16-18H2,1H3/t20-,21+,23-,25+/m0/s1. The summed E-state index contributed by atoms with van der Waals surface area (Å²) in [5.74, 6) is 1.99. The van der Waals surface area contributed by atoms with E-state index in [1.807, 2.05) is 24.8 Å². The Balaban J connectivity index is 1.56. The molecule has 2 bridgehead atoms. The minimum Gasteiger partial charge on any atom is -0.466 e. The molecule has 0 radical (unpaired) electrons. The monoisotopic (exact) mass is 392 g/mol. The van der Waals surface area contributed by atoms with Gasteiger partial charge in [0, 0.05) is 10.8 Å². The number of hydrogen-bond donors (Lipinski definition) is 0. The molecule has 0 heterocycles. The maximum atomic E-state index is 13.3. The Morgan fingerprint density at radius 2 is 1.79 bits per heavy atom. The molecular weight excluding hydrogens is 364 g/mol. The molecule has 4 atom stereocenters. The van der Waals surface area contributed by atoms with Crippen molar-refractivity contribution in [1.29, 1.82) is 0 Å². The van der Waals surface area contributed by atoms with Gasteiger partial charge >= 0.3 is 5.97 Å². The van der Waals surface area contributed by atoms with E-state index in [1.54, 1.807) is 0 Å². The van der Waals surface area contributed by atoms with Crippen LogP contribution in [0.5, 0.6) is 0 Å². The van der Waals surface area contributed by atoms with E-state index in [0.29, 0.717) is 18.4 Å². The second-order valence-electron chi connectivity index (χ2n) is 7.81. The lowest BCUT2D eigenvalue weighted by Gasteiger charge is -2.40. The molecule has 4 rings (SSSR count). The quantitative estimate of drug-likeness (QED) is 0.235. The zero-order chi connectivity index (χ0) is 19.4. The molecule has 2 aromatic carbocycles. The molecule has 1 fully saturated rings. The fraction of sp³-hybridized carbons (Fsp3) is 0.400. The van der Waals surface area contributed by atoms with E-state index in [2.05, 4.69) is 66.7 Å². The van der Waals surface area contributed by atoms with Crippen LogP contribution in [-0.2, 0) is 9.53 Å². The summed E-state index contributed by atoms with van der Waals surface area (Å²) >= 11 is 1.87. The first-order valence-electron chi connectivity index (χ1n) is 10.3. The Morgan fingerprint density at radius 1 is 1.07 bits per heavy atom. The topological polar surface area (TPSA) is 26.3 Å². The lowest BCUT2D eigenvalue weighted by atomic mass is 9.63. The van der Waals surface area contributed by atoms with Gasteiger partial charge in [-0.25, -0.2) is 0 Å². The van der Waals surface area contributed by atoms with Crippen LogP contribution in [0.4, 0.5) is 0 Å². The van der Waals surface area contributed by atoms with Gasteiger partial charge in [-0.1, -0.05) is 60.7 Å². The van der Waals surface area contributed by atoms with Gasteiger partial charge in [0.2, 0.25) is 0 Å². The number of allylic oxidation sites excluding steroid dienone is 2. The molecule has 1 saturated carbocycles. The fourth-order valence-electron chi connectivity index (χ4n) is 5.23. The third-order valence-corrected chi connectivity index (χ3v) is 7.42. The lowest BCUT2D eigenvalue weighted by Crippen LogP contribution is -2.42. The van der Waals surface area contributed by atoms with Gasteiger partial charge in [0.25, 0.3) is 0 Å². The summed E-state index contributed by atoms with van der Waals surface area (Å²) in [5, 5.41) is 0. The summed E-state index contributed by atoms with van der Waals surface area (Å²) in [6.07, 6.45) is 7.59. The second kappa shape index (κ2) is 8.57. The number of thioether (sulfide) groups is 1. The summed E-state index contributed by atoms with van der Waals surface area (Å²) in [7, 11) is 0. The largest absolute Gasteiger partial charge is 0.466 e. The smallest absolute Gasteiger partial charge is 0.313 e. The summed E-state index contributed by atoms with van der Waals surface area (Å²) < 4.78 is 5.67. The highest BCUT2D eigenvalue weighted by Gasteiger charge is 2.61. The van der Waals surface area contributed by atoms with Crippen molar-refractivity contribution in [2.45, 2.75) is 37.0 Å². The third-order valence-electron chi connectivity index (χ3n) is 6.32. The van der Waals surface area contributed by atoms with Gasteiger partial charge < -0.3 is 4.74 Å². The van der Waals surface area contributed by atoms with Gasteiger partial charge in [-0.2, -0.15) is 0 Å². The molecule has 0 N–H and O–H groups in total. The molecule has 3 heteroatoms. The summed E-state index contributed by atoms with van der Waals surface area (Å²) in [4.78, 5) is 14.6. The summed E-state index contributed by atoms with van der Waals surface area (Å²) in [6.45, 7) is 2.36. The number of carbonyl (C=O) groups is 1. The van der Waals surface area contributed by atoms with Crippen LogP contribution in [0, 0.1) is 17.3 Å². The van der Waals surface area contributed by atoms with E-state index in [4.69, 9.17) is 4.74 Å². The van der Waals surface area contributed by atoms with Gasteiger partial charge in [-0.05, 0) is 61.5 Å². The summed E-state index contributed by atoms with van der Waals surface area (Å²) in [6, 6.07) is 21.1. The molecule has 0 saturated heterocycles. The molecule has 0 amide bonds. The van der Waals surface area contributed by atoms with Crippen molar-refractivity contribution in [3.63, 3.8) is 0 Å². The molecule has 0 spiro atoms. The van der Waals surface area contributed by atoms with E-state index in [0.717, 1.165) is 25.0 Å². The highest BCUT2D eigenvalue weighted by molar-refractivity contribution is 7.99. The predicted octanol–water partition coefficient (Wildman–Crippen LogP) is 6.10. The molecule has 2 nitrogen and oxygen atoms in total. The predicted molar refractivity (Wildman–Crippen MR) is 115 cm³/mol. The Morgan fingerprint density at radius 3 is 2.50 bits per heavy atom. The normalized spacial score (nSPS) is 27.8. The van der Waals surface area contributed by atoms with Gasteiger partial charge in [-0.15, -0.1) is 11.8 Å². The van der Waals surface area contributed by atoms with Crippen LogP contribution in [0.25, 0.3) is 0 Å². The van der Waals surface area contributed by atoms with E-state index in [-0.39, 0.29) is 11.9 Å². The van der Waals surface area contributed by atoms with Gasteiger partial charge in [0.15, 0.2) is 0 Å². The molecule has 146 valence electrons. The van der Waals surface area contributed by atoms with Crippen molar-refractivity contribution in [2.75, 3.05) is 12.4 Å². The van der Waals surface area contributed by atoms with Gasteiger partial charge in [0.05, 0.1) is 12.0 Å². The zero-order valence-electron chi connectivity index (χ0n) is 16.4. The van der Waals surface area contributed by atoms with Crippen LogP contribution in [0.15, 0.2) is 77.7 Å². The number of hydrogen-bond acceptors (Lipinski definition) is 3. The number of ether oxygens (including phenoxy) is 1. The average Bonchev–Trinajstić information content (AvgIpc) is 3.33. The first-order valence-corrected chi connectivity index (χ1v) is 11.3. The van der Waals surface area contributed by atoms with E-state index in [9.17, 15) is 4.79 Å². The SMILES string of the molecule is CCOC(=O)[C@]1(CCCSc2ccccc2)[C@@H]2C=C[C@@H](C2)[C@@H]1c1ccccc1. The van der Waals surface area contributed by atoms with E-state index >= 15 is 0 Å².